The Bertz CT molecular complexity index is 270. The number of hydrogen-bond acceptors (Lipinski definition) is 1. The van der Waals surface area contributed by atoms with Crippen LogP contribution in [0.4, 0.5) is 13.2 Å². The summed E-state index contributed by atoms with van der Waals surface area (Å²) in [5.41, 5.74) is 1.19. The summed E-state index contributed by atoms with van der Waals surface area (Å²) in [5, 5.41) is 0. The predicted octanol–water partition coefficient (Wildman–Crippen LogP) is 2.51. The van der Waals surface area contributed by atoms with Crippen molar-refractivity contribution in [3.8, 4) is 0 Å². The van der Waals surface area contributed by atoms with Gasteiger partial charge in [0.05, 0.1) is 6.42 Å². The summed E-state index contributed by atoms with van der Waals surface area (Å²) in [7, 11) is 0. The SMILES string of the molecule is CC1=CCN(C(=O)CCC(F)(F)F)CC1. The molecule has 0 atom stereocenters. The minimum Gasteiger partial charge on any atom is -0.339 e. The quantitative estimate of drug-likeness (QED) is 0.656. The van der Waals surface area contributed by atoms with Crippen LogP contribution >= 0.6 is 0 Å². The van der Waals surface area contributed by atoms with Gasteiger partial charge in [0.2, 0.25) is 5.91 Å². The first-order valence-corrected chi connectivity index (χ1v) is 4.88. The monoisotopic (exact) mass is 221 g/mol. The van der Waals surface area contributed by atoms with E-state index in [0.717, 1.165) is 6.42 Å². The van der Waals surface area contributed by atoms with Gasteiger partial charge in [-0.1, -0.05) is 11.6 Å². The van der Waals surface area contributed by atoms with Crippen molar-refractivity contribution in [3.63, 3.8) is 0 Å². The van der Waals surface area contributed by atoms with E-state index in [2.05, 4.69) is 0 Å². The van der Waals surface area contributed by atoms with Crippen molar-refractivity contribution in [2.75, 3.05) is 13.1 Å². The van der Waals surface area contributed by atoms with Crippen LogP contribution in [-0.4, -0.2) is 30.1 Å². The maximum atomic E-state index is 11.9. The van der Waals surface area contributed by atoms with Gasteiger partial charge in [0, 0.05) is 19.5 Å². The van der Waals surface area contributed by atoms with Crippen LogP contribution < -0.4 is 0 Å². The summed E-state index contributed by atoms with van der Waals surface area (Å²) in [6.07, 6.45) is -3.05. The van der Waals surface area contributed by atoms with Crippen molar-refractivity contribution in [2.24, 2.45) is 0 Å². The summed E-state index contributed by atoms with van der Waals surface area (Å²) in [4.78, 5) is 12.8. The lowest BCUT2D eigenvalue weighted by Crippen LogP contribution is -2.35. The van der Waals surface area contributed by atoms with Crippen molar-refractivity contribution in [1.82, 2.24) is 4.90 Å². The molecule has 86 valence electrons. The van der Waals surface area contributed by atoms with Gasteiger partial charge in [0.1, 0.15) is 0 Å². The molecule has 1 rings (SSSR count). The molecular formula is C10H14F3NO. The molecule has 0 bridgehead atoms. The topological polar surface area (TPSA) is 20.3 Å². The van der Waals surface area contributed by atoms with Gasteiger partial charge in [-0.3, -0.25) is 4.79 Å². The number of rotatable bonds is 2. The fraction of sp³-hybridized carbons (Fsp3) is 0.700. The molecule has 0 aliphatic carbocycles. The Morgan fingerprint density at radius 2 is 2.20 bits per heavy atom. The molecule has 0 aromatic rings. The highest BCUT2D eigenvalue weighted by molar-refractivity contribution is 5.76. The van der Waals surface area contributed by atoms with Crippen LogP contribution in [-0.2, 0) is 4.79 Å². The zero-order chi connectivity index (χ0) is 11.5. The normalized spacial score (nSPS) is 17.6. The summed E-state index contributed by atoms with van der Waals surface area (Å²) in [6.45, 7) is 2.94. The Kier molecular flexibility index (Phi) is 3.77. The number of carbonyl (C=O) groups is 1. The molecule has 15 heavy (non-hydrogen) atoms. The van der Waals surface area contributed by atoms with E-state index in [1.165, 1.54) is 10.5 Å². The second kappa shape index (κ2) is 4.68. The third-order valence-electron chi connectivity index (χ3n) is 2.41. The number of alkyl halides is 3. The summed E-state index contributed by atoms with van der Waals surface area (Å²) >= 11 is 0. The van der Waals surface area contributed by atoms with Gasteiger partial charge >= 0.3 is 6.18 Å². The summed E-state index contributed by atoms with van der Waals surface area (Å²) in [5.74, 6) is -0.406. The lowest BCUT2D eigenvalue weighted by Gasteiger charge is -2.25. The maximum absolute atomic E-state index is 11.9. The van der Waals surface area contributed by atoms with E-state index in [0.29, 0.717) is 13.1 Å². The van der Waals surface area contributed by atoms with E-state index in [4.69, 9.17) is 0 Å². The van der Waals surface area contributed by atoms with E-state index in [1.807, 2.05) is 13.0 Å². The molecular weight excluding hydrogens is 207 g/mol. The average Bonchev–Trinajstić information content (AvgIpc) is 2.14. The third-order valence-corrected chi connectivity index (χ3v) is 2.41. The van der Waals surface area contributed by atoms with Crippen LogP contribution in [0.1, 0.15) is 26.2 Å². The van der Waals surface area contributed by atoms with E-state index in [1.54, 1.807) is 0 Å². The molecule has 0 spiro atoms. The van der Waals surface area contributed by atoms with Gasteiger partial charge < -0.3 is 4.90 Å². The molecule has 0 saturated heterocycles. The van der Waals surface area contributed by atoms with Gasteiger partial charge in [-0.15, -0.1) is 0 Å². The number of nitrogens with zero attached hydrogens (tertiary/aromatic N) is 1. The van der Waals surface area contributed by atoms with Gasteiger partial charge in [-0.25, -0.2) is 0 Å². The Hall–Kier alpha value is -1.00. The molecule has 0 fully saturated rings. The Morgan fingerprint density at radius 1 is 1.53 bits per heavy atom. The molecule has 1 amide bonds. The minimum absolute atomic E-state index is 0.406. The lowest BCUT2D eigenvalue weighted by molar-refractivity contribution is -0.148. The lowest BCUT2D eigenvalue weighted by atomic mass is 10.1. The van der Waals surface area contributed by atoms with Crippen LogP contribution in [0.3, 0.4) is 0 Å². The van der Waals surface area contributed by atoms with Crippen molar-refractivity contribution < 1.29 is 18.0 Å². The molecule has 1 heterocycles. The van der Waals surface area contributed by atoms with E-state index < -0.39 is 24.9 Å². The molecule has 0 aromatic heterocycles. The molecule has 0 aromatic carbocycles. The van der Waals surface area contributed by atoms with E-state index >= 15 is 0 Å². The largest absolute Gasteiger partial charge is 0.389 e. The summed E-state index contributed by atoms with van der Waals surface area (Å²) < 4.78 is 35.6. The van der Waals surface area contributed by atoms with E-state index in [9.17, 15) is 18.0 Å². The van der Waals surface area contributed by atoms with Gasteiger partial charge in [0.25, 0.3) is 0 Å². The fourth-order valence-electron chi connectivity index (χ4n) is 1.40. The van der Waals surface area contributed by atoms with Gasteiger partial charge in [0.15, 0.2) is 0 Å². The zero-order valence-corrected chi connectivity index (χ0v) is 8.60. The first kappa shape index (κ1) is 12.1. The fourth-order valence-corrected chi connectivity index (χ4v) is 1.40. The van der Waals surface area contributed by atoms with Gasteiger partial charge in [-0.2, -0.15) is 13.2 Å². The van der Waals surface area contributed by atoms with Crippen LogP contribution in [0.2, 0.25) is 0 Å². The third kappa shape index (κ3) is 4.36. The molecule has 5 heteroatoms. The standard InChI is InChI=1S/C10H14F3NO/c1-8-3-6-14(7-4-8)9(15)2-5-10(11,12)13/h3H,2,4-7H2,1H3. The second-order valence-electron chi connectivity index (χ2n) is 3.76. The first-order chi connectivity index (χ1) is 6.88. The van der Waals surface area contributed by atoms with Crippen molar-refractivity contribution in [2.45, 2.75) is 32.4 Å². The van der Waals surface area contributed by atoms with Crippen LogP contribution in [0.25, 0.3) is 0 Å². The molecule has 2 nitrogen and oxygen atoms in total. The molecule has 0 N–H and O–H groups in total. The highest BCUT2D eigenvalue weighted by Crippen LogP contribution is 2.22. The Morgan fingerprint density at radius 3 is 2.67 bits per heavy atom. The number of amides is 1. The highest BCUT2D eigenvalue weighted by Gasteiger charge is 2.29. The highest BCUT2D eigenvalue weighted by atomic mass is 19.4. The molecule has 1 aliphatic heterocycles. The van der Waals surface area contributed by atoms with Crippen LogP contribution in [0.15, 0.2) is 11.6 Å². The van der Waals surface area contributed by atoms with Gasteiger partial charge in [-0.05, 0) is 13.3 Å². The van der Waals surface area contributed by atoms with Crippen LogP contribution in [0, 0.1) is 0 Å². The van der Waals surface area contributed by atoms with Crippen molar-refractivity contribution in [3.05, 3.63) is 11.6 Å². The first-order valence-electron chi connectivity index (χ1n) is 4.88. The Balaban J connectivity index is 2.36. The summed E-state index contributed by atoms with van der Waals surface area (Å²) in [6, 6.07) is 0. The average molecular weight is 221 g/mol. The van der Waals surface area contributed by atoms with Crippen LogP contribution in [0.5, 0.6) is 0 Å². The number of halogens is 3. The second-order valence-corrected chi connectivity index (χ2v) is 3.76. The molecule has 1 aliphatic rings. The minimum atomic E-state index is -4.24. The molecule has 0 unspecified atom stereocenters. The zero-order valence-electron chi connectivity index (χ0n) is 8.60. The molecule has 0 saturated carbocycles. The maximum Gasteiger partial charge on any atom is 0.389 e. The number of carbonyl (C=O) groups excluding carboxylic acids is 1. The van der Waals surface area contributed by atoms with E-state index in [-0.39, 0.29) is 0 Å². The Labute approximate surface area is 86.7 Å². The smallest absolute Gasteiger partial charge is 0.339 e. The van der Waals surface area contributed by atoms with Crippen molar-refractivity contribution >= 4 is 5.91 Å². The van der Waals surface area contributed by atoms with Crippen molar-refractivity contribution in [1.29, 1.82) is 0 Å². The number of hydrogen-bond donors (Lipinski definition) is 0. The molecule has 0 radical (unpaired) electrons. The predicted molar refractivity (Wildman–Crippen MR) is 50.2 cm³/mol.